The number of aliphatic hydroxyl groups is 2. The highest BCUT2D eigenvalue weighted by atomic mass is 16.5. The Hall–Kier alpha value is -2.27. The summed E-state index contributed by atoms with van der Waals surface area (Å²) in [6, 6.07) is 10.7. The van der Waals surface area contributed by atoms with Gasteiger partial charge in [0, 0.05) is 20.3 Å². The quantitative estimate of drug-likeness (QED) is 0.336. The molecule has 9 heteroatoms. The van der Waals surface area contributed by atoms with E-state index in [1.807, 2.05) is 30.3 Å². The number of rotatable bonds is 17. The second-order valence-electron chi connectivity index (χ2n) is 7.38. The van der Waals surface area contributed by atoms with Gasteiger partial charge in [0.05, 0.1) is 64.7 Å². The van der Waals surface area contributed by atoms with Crippen molar-refractivity contribution >= 4 is 0 Å². The van der Waals surface area contributed by atoms with Gasteiger partial charge in [0.2, 0.25) is 11.2 Å². The van der Waals surface area contributed by atoms with Crippen LogP contribution in [0.1, 0.15) is 28.9 Å². The van der Waals surface area contributed by atoms with Crippen LogP contribution in [0.25, 0.3) is 0 Å². The van der Waals surface area contributed by atoms with Gasteiger partial charge in [-0.1, -0.05) is 30.3 Å². The lowest BCUT2D eigenvalue weighted by Crippen LogP contribution is -2.22. The smallest absolute Gasteiger partial charge is 0.227 e. The van der Waals surface area contributed by atoms with Crippen molar-refractivity contribution < 1.29 is 38.3 Å². The van der Waals surface area contributed by atoms with E-state index in [9.17, 15) is 15.0 Å². The van der Waals surface area contributed by atoms with E-state index in [1.165, 1.54) is 6.07 Å². The van der Waals surface area contributed by atoms with Crippen molar-refractivity contribution in [1.29, 1.82) is 0 Å². The summed E-state index contributed by atoms with van der Waals surface area (Å²) in [6.07, 6.45) is 0. The largest absolute Gasteiger partial charge is 0.482 e. The Bertz CT molecular complexity index is 838. The molecule has 184 valence electrons. The van der Waals surface area contributed by atoms with Crippen molar-refractivity contribution in [3.8, 4) is 5.75 Å². The fourth-order valence-electron chi connectivity index (χ4n) is 3.03. The molecule has 0 radical (unpaired) electrons. The second kappa shape index (κ2) is 15.5. The third kappa shape index (κ3) is 8.88. The fraction of sp³-hybridized carbons (Fsp3) is 0.542. The number of methoxy groups -OCH3 is 2. The molecular formula is C24H34O9. The van der Waals surface area contributed by atoms with Crippen molar-refractivity contribution in [3.05, 3.63) is 63.7 Å². The van der Waals surface area contributed by atoms with Crippen LogP contribution < -0.4 is 10.2 Å². The molecule has 1 aromatic heterocycles. The van der Waals surface area contributed by atoms with Crippen LogP contribution >= 0.6 is 0 Å². The topological polar surface area (TPSA) is 117 Å². The average molecular weight is 467 g/mol. The highest BCUT2D eigenvalue weighted by molar-refractivity contribution is 5.31. The zero-order chi connectivity index (χ0) is 23.9. The summed E-state index contributed by atoms with van der Waals surface area (Å²) in [5.41, 5.74) is 0.469. The molecule has 2 aromatic rings. The van der Waals surface area contributed by atoms with E-state index in [4.69, 9.17) is 28.1 Å². The molecule has 1 aromatic carbocycles. The molecule has 0 fully saturated rings. The Morgan fingerprint density at radius 2 is 1.48 bits per heavy atom. The van der Waals surface area contributed by atoms with Gasteiger partial charge in [-0.25, -0.2) is 0 Å². The zero-order valence-corrected chi connectivity index (χ0v) is 19.2. The molecule has 0 aliphatic carbocycles. The van der Waals surface area contributed by atoms with E-state index in [-0.39, 0.29) is 50.3 Å². The van der Waals surface area contributed by atoms with E-state index >= 15 is 0 Å². The van der Waals surface area contributed by atoms with Gasteiger partial charge in [0.15, 0.2) is 5.76 Å². The average Bonchev–Trinajstić information content (AvgIpc) is 2.84. The van der Waals surface area contributed by atoms with Crippen LogP contribution in [-0.2, 0) is 25.6 Å². The number of benzene rings is 1. The molecule has 2 unspecified atom stereocenters. The number of hydrogen-bond donors (Lipinski definition) is 2. The van der Waals surface area contributed by atoms with Crippen LogP contribution in [0.15, 0.2) is 45.6 Å². The van der Waals surface area contributed by atoms with Crippen LogP contribution in [0.3, 0.4) is 0 Å². The van der Waals surface area contributed by atoms with E-state index in [1.54, 1.807) is 14.2 Å². The van der Waals surface area contributed by atoms with Crippen molar-refractivity contribution in [2.45, 2.75) is 18.4 Å². The maximum atomic E-state index is 13.0. The number of hydrogen-bond acceptors (Lipinski definition) is 9. The Balaban J connectivity index is 2.30. The minimum atomic E-state index is -0.644. The Morgan fingerprint density at radius 1 is 0.879 bits per heavy atom. The monoisotopic (exact) mass is 466 g/mol. The molecule has 0 saturated heterocycles. The molecule has 2 atom stereocenters. The fourth-order valence-corrected chi connectivity index (χ4v) is 3.03. The summed E-state index contributed by atoms with van der Waals surface area (Å²) >= 11 is 0. The molecule has 33 heavy (non-hydrogen) atoms. The van der Waals surface area contributed by atoms with Crippen LogP contribution in [0.5, 0.6) is 5.75 Å². The Kier molecular flexibility index (Phi) is 12.7. The van der Waals surface area contributed by atoms with Gasteiger partial charge in [-0.2, -0.15) is 0 Å². The molecule has 0 spiro atoms. The molecule has 0 saturated carbocycles. The van der Waals surface area contributed by atoms with Gasteiger partial charge in [0.1, 0.15) is 12.4 Å². The molecule has 0 aliphatic rings. The molecule has 0 aliphatic heterocycles. The summed E-state index contributed by atoms with van der Waals surface area (Å²) in [7, 11) is 3.13. The van der Waals surface area contributed by atoms with Gasteiger partial charge in [-0.3, -0.25) is 4.79 Å². The first-order chi connectivity index (χ1) is 16.1. The van der Waals surface area contributed by atoms with Crippen molar-refractivity contribution in [3.63, 3.8) is 0 Å². The lowest BCUT2D eigenvalue weighted by Gasteiger charge is -2.20. The lowest BCUT2D eigenvalue weighted by atomic mass is 10.0. The van der Waals surface area contributed by atoms with Gasteiger partial charge < -0.3 is 38.3 Å². The van der Waals surface area contributed by atoms with Crippen molar-refractivity contribution in [2.24, 2.45) is 0 Å². The third-order valence-electron chi connectivity index (χ3n) is 4.89. The zero-order valence-electron chi connectivity index (χ0n) is 19.2. The summed E-state index contributed by atoms with van der Waals surface area (Å²) in [6.45, 7) is 1.25. The van der Waals surface area contributed by atoms with E-state index < -0.39 is 17.3 Å². The summed E-state index contributed by atoms with van der Waals surface area (Å²) in [5.74, 6) is -0.783. The normalized spacial score (nSPS) is 13.1. The third-order valence-corrected chi connectivity index (χ3v) is 4.89. The van der Waals surface area contributed by atoms with Crippen LogP contribution in [0, 0.1) is 0 Å². The summed E-state index contributed by atoms with van der Waals surface area (Å²) in [5, 5.41) is 19.8. The maximum absolute atomic E-state index is 13.0. The molecule has 0 amide bonds. The van der Waals surface area contributed by atoms with Gasteiger partial charge in [-0.15, -0.1) is 0 Å². The van der Waals surface area contributed by atoms with Crippen molar-refractivity contribution in [1.82, 2.24) is 0 Å². The minimum absolute atomic E-state index is 0.00832. The predicted molar refractivity (Wildman–Crippen MR) is 121 cm³/mol. The summed E-state index contributed by atoms with van der Waals surface area (Å²) < 4.78 is 32.9. The van der Waals surface area contributed by atoms with Crippen LogP contribution in [0.2, 0.25) is 0 Å². The number of ether oxygens (including phenoxy) is 5. The lowest BCUT2D eigenvalue weighted by molar-refractivity contribution is 0.0438. The first kappa shape index (κ1) is 27.0. The molecule has 2 N–H and O–H groups in total. The van der Waals surface area contributed by atoms with Crippen molar-refractivity contribution in [2.75, 3.05) is 67.1 Å². The van der Waals surface area contributed by atoms with Gasteiger partial charge in [-0.05, 0) is 5.56 Å². The molecular weight excluding hydrogens is 432 g/mol. The minimum Gasteiger partial charge on any atom is -0.482 e. The molecule has 0 bridgehead atoms. The van der Waals surface area contributed by atoms with Crippen LogP contribution in [0.4, 0.5) is 0 Å². The predicted octanol–water partition coefficient (Wildman–Crippen LogP) is 1.70. The molecule has 2 rings (SSSR count). The second-order valence-corrected chi connectivity index (χ2v) is 7.38. The SMILES string of the molecule is COCCOCC(CO)c1cc(=O)c(OCc2ccccc2)c(C(CO)COCCOC)o1. The molecule has 9 nitrogen and oxygen atoms in total. The first-order valence-corrected chi connectivity index (χ1v) is 10.8. The first-order valence-electron chi connectivity index (χ1n) is 10.8. The standard InChI is InChI=1S/C24H34O9/c1-28-8-10-30-16-19(13-25)22-12-21(27)24(32-15-18-6-4-3-5-7-18)23(33-22)20(14-26)17-31-11-9-29-2/h3-7,12,19-20,25-26H,8-11,13-17H2,1-2H3. The molecule has 1 heterocycles. The summed E-state index contributed by atoms with van der Waals surface area (Å²) in [4.78, 5) is 13.0. The maximum Gasteiger partial charge on any atom is 0.227 e. The van der Waals surface area contributed by atoms with E-state index in [2.05, 4.69) is 0 Å². The highest BCUT2D eigenvalue weighted by Crippen LogP contribution is 2.29. The Morgan fingerprint density at radius 3 is 2.06 bits per heavy atom. The number of aliphatic hydroxyl groups excluding tert-OH is 2. The van der Waals surface area contributed by atoms with Crippen LogP contribution in [-0.4, -0.2) is 77.3 Å². The van der Waals surface area contributed by atoms with Gasteiger partial charge in [0.25, 0.3) is 0 Å². The van der Waals surface area contributed by atoms with E-state index in [0.717, 1.165) is 5.56 Å². The Labute approximate surface area is 193 Å². The highest BCUT2D eigenvalue weighted by Gasteiger charge is 2.26. The van der Waals surface area contributed by atoms with E-state index in [0.29, 0.717) is 26.4 Å². The van der Waals surface area contributed by atoms with Gasteiger partial charge >= 0.3 is 0 Å².